The van der Waals surface area contributed by atoms with E-state index in [4.69, 9.17) is 10.8 Å². The largest absolute Gasteiger partial charge is 0.396 e. The predicted octanol–water partition coefficient (Wildman–Crippen LogP) is 2.02. The minimum absolute atomic E-state index is 0.0703. The number of hydrogen-bond donors (Lipinski definition) is 3. The van der Waals surface area contributed by atoms with Crippen molar-refractivity contribution in [1.82, 2.24) is 9.97 Å². The standard InChI is InChI=1S/C11H14BrN3O/c1-6-4-7(12)5-9-10(6)15-11(14-9)8(13)2-3-16/h4-5,8,16H,2-3,13H2,1H3,(H,14,15). The number of nitrogens with one attached hydrogen (secondary N) is 1. The number of nitrogens with two attached hydrogens (primary N) is 1. The number of aromatic nitrogens is 2. The molecule has 0 fully saturated rings. The van der Waals surface area contributed by atoms with Crippen molar-refractivity contribution in [2.75, 3.05) is 6.61 Å². The molecule has 2 aromatic rings. The predicted molar refractivity (Wildman–Crippen MR) is 67.2 cm³/mol. The third-order valence-corrected chi connectivity index (χ3v) is 3.01. The quantitative estimate of drug-likeness (QED) is 0.807. The second-order valence-electron chi connectivity index (χ2n) is 3.86. The second-order valence-corrected chi connectivity index (χ2v) is 4.78. The highest BCUT2D eigenvalue weighted by molar-refractivity contribution is 9.10. The summed E-state index contributed by atoms with van der Waals surface area (Å²) in [5.41, 5.74) is 8.90. The number of fused-ring (bicyclic) bond motifs is 1. The van der Waals surface area contributed by atoms with Crippen LogP contribution in [0.1, 0.15) is 23.9 Å². The summed E-state index contributed by atoms with van der Waals surface area (Å²) in [4.78, 5) is 7.64. The number of benzene rings is 1. The van der Waals surface area contributed by atoms with Gasteiger partial charge >= 0.3 is 0 Å². The number of imidazole rings is 1. The van der Waals surface area contributed by atoms with E-state index < -0.39 is 0 Å². The average Bonchev–Trinajstić information content (AvgIpc) is 2.62. The van der Waals surface area contributed by atoms with Gasteiger partial charge in [0.05, 0.1) is 17.1 Å². The highest BCUT2D eigenvalue weighted by Crippen LogP contribution is 2.23. The van der Waals surface area contributed by atoms with Gasteiger partial charge in [0.15, 0.2) is 0 Å². The number of nitrogens with zero attached hydrogens (tertiary/aromatic N) is 1. The molecule has 0 saturated heterocycles. The van der Waals surface area contributed by atoms with E-state index in [-0.39, 0.29) is 12.6 Å². The van der Waals surface area contributed by atoms with Gasteiger partial charge in [-0.2, -0.15) is 0 Å². The molecule has 1 aromatic heterocycles. The normalized spacial score (nSPS) is 13.2. The van der Waals surface area contributed by atoms with Crippen molar-refractivity contribution in [2.24, 2.45) is 5.73 Å². The summed E-state index contributed by atoms with van der Waals surface area (Å²) < 4.78 is 1.02. The fraction of sp³-hybridized carbons (Fsp3) is 0.364. The summed E-state index contributed by atoms with van der Waals surface area (Å²) in [6.07, 6.45) is 0.514. The number of H-pyrrole nitrogens is 1. The van der Waals surface area contributed by atoms with E-state index in [0.717, 1.165) is 26.9 Å². The number of halogens is 1. The van der Waals surface area contributed by atoms with E-state index in [1.165, 1.54) is 0 Å². The van der Waals surface area contributed by atoms with Crippen molar-refractivity contribution in [2.45, 2.75) is 19.4 Å². The first-order valence-electron chi connectivity index (χ1n) is 5.14. The van der Waals surface area contributed by atoms with Gasteiger partial charge in [0, 0.05) is 11.1 Å². The van der Waals surface area contributed by atoms with E-state index in [1.54, 1.807) is 0 Å². The minimum atomic E-state index is -0.240. The molecule has 4 nitrogen and oxygen atoms in total. The van der Waals surface area contributed by atoms with Crippen LogP contribution in [0.5, 0.6) is 0 Å². The van der Waals surface area contributed by atoms with Crippen molar-refractivity contribution in [3.8, 4) is 0 Å². The third-order valence-electron chi connectivity index (χ3n) is 2.55. The number of aryl methyl sites for hydroxylation is 1. The topological polar surface area (TPSA) is 74.9 Å². The van der Waals surface area contributed by atoms with Gasteiger partial charge in [0.25, 0.3) is 0 Å². The molecule has 2 rings (SSSR count). The maximum absolute atomic E-state index is 8.84. The molecule has 16 heavy (non-hydrogen) atoms. The summed E-state index contributed by atoms with van der Waals surface area (Å²) in [6, 6.07) is 3.75. The first kappa shape index (κ1) is 11.6. The summed E-state index contributed by atoms with van der Waals surface area (Å²) >= 11 is 3.44. The molecule has 0 amide bonds. The Labute approximate surface area is 102 Å². The molecule has 0 radical (unpaired) electrons. The van der Waals surface area contributed by atoms with Crippen molar-refractivity contribution in [1.29, 1.82) is 0 Å². The minimum Gasteiger partial charge on any atom is -0.396 e. The summed E-state index contributed by atoms with van der Waals surface area (Å²) in [7, 11) is 0. The molecular weight excluding hydrogens is 270 g/mol. The SMILES string of the molecule is Cc1cc(Br)cc2[nH]c(C(N)CCO)nc12. The Kier molecular flexibility index (Phi) is 3.28. The summed E-state index contributed by atoms with van der Waals surface area (Å²) in [6.45, 7) is 2.08. The summed E-state index contributed by atoms with van der Waals surface area (Å²) in [5.74, 6) is 0.727. The van der Waals surface area contributed by atoms with Gasteiger partial charge in [-0.05, 0) is 31.0 Å². The smallest absolute Gasteiger partial charge is 0.124 e. The Hall–Kier alpha value is -0.910. The van der Waals surface area contributed by atoms with Crippen LogP contribution in [0.4, 0.5) is 0 Å². The number of aliphatic hydroxyl groups is 1. The van der Waals surface area contributed by atoms with Gasteiger partial charge in [0.1, 0.15) is 5.82 Å². The molecule has 1 aromatic carbocycles. The number of rotatable bonds is 3. The second kappa shape index (κ2) is 4.53. The monoisotopic (exact) mass is 283 g/mol. The van der Waals surface area contributed by atoms with E-state index >= 15 is 0 Å². The average molecular weight is 284 g/mol. The van der Waals surface area contributed by atoms with Crippen LogP contribution < -0.4 is 5.73 Å². The third kappa shape index (κ3) is 2.11. The van der Waals surface area contributed by atoms with Crippen molar-refractivity contribution >= 4 is 27.0 Å². The van der Waals surface area contributed by atoms with Crippen LogP contribution in [-0.2, 0) is 0 Å². The Balaban J connectivity index is 2.47. The van der Waals surface area contributed by atoms with Gasteiger partial charge in [-0.3, -0.25) is 0 Å². The molecule has 0 spiro atoms. The fourth-order valence-corrected chi connectivity index (χ4v) is 2.29. The van der Waals surface area contributed by atoms with Gasteiger partial charge < -0.3 is 15.8 Å². The van der Waals surface area contributed by atoms with E-state index in [9.17, 15) is 0 Å². The lowest BCUT2D eigenvalue weighted by Crippen LogP contribution is -2.13. The van der Waals surface area contributed by atoms with E-state index in [1.807, 2.05) is 19.1 Å². The molecule has 0 bridgehead atoms. The number of aromatic amines is 1. The first-order chi connectivity index (χ1) is 7.61. The number of hydrogen-bond acceptors (Lipinski definition) is 3. The zero-order chi connectivity index (χ0) is 11.7. The zero-order valence-corrected chi connectivity index (χ0v) is 10.6. The Morgan fingerprint density at radius 1 is 1.56 bits per heavy atom. The first-order valence-corrected chi connectivity index (χ1v) is 5.93. The lowest BCUT2D eigenvalue weighted by atomic mass is 10.2. The lowest BCUT2D eigenvalue weighted by molar-refractivity contribution is 0.275. The lowest BCUT2D eigenvalue weighted by Gasteiger charge is -2.04. The molecule has 5 heteroatoms. The van der Waals surface area contributed by atoms with Crippen LogP contribution in [-0.4, -0.2) is 21.7 Å². The van der Waals surface area contributed by atoms with Gasteiger partial charge in [0.2, 0.25) is 0 Å². The van der Waals surface area contributed by atoms with Gasteiger partial charge in [-0.15, -0.1) is 0 Å². The van der Waals surface area contributed by atoms with Crippen LogP contribution in [0.2, 0.25) is 0 Å². The van der Waals surface area contributed by atoms with Crippen LogP contribution in [0.25, 0.3) is 11.0 Å². The maximum Gasteiger partial charge on any atom is 0.124 e. The molecular formula is C11H14BrN3O. The van der Waals surface area contributed by atoms with Crippen molar-refractivity contribution in [3.63, 3.8) is 0 Å². The number of aliphatic hydroxyl groups excluding tert-OH is 1. The molecule has 0 saturated carbocycles. The maximum atomic E-state index is 8.84. The molecule has 1 heterocycles. The highest BCUT2D eigenvalue weighted by Gasteiger charge is 2.12. The Bertz CT molecular complexity index is 509. The molecule has 0 aliphatic rings. The molecule has 1 atom stereocenters. The molecule has 0 aliphatic carbocycles. The van der Waals surface area contributed by atoms with Gasteiger partial charge in [-0.25, -0.2) is 4.98 Å². The molecule has 0 aliphatic heterocycles. The van der Waals surface area contributed by atoms with Crippen LogP contribution in [0.3, 0.4) is 0 Å². The Morgan fingerprint density at radius 3 is 3.00 bits per heavy atom. The fourth-order valence-electron chi connectivity index (χ4n) is 1.72. The van der Waals surface area contributed by atoms with Gasteiger partial charge in [-0.1, -0.05) is 15.9 Å². The highest BCUT2D eigenvalue weighted by atomic mass is 79.9. The van der Waals surface area contributed by atoms with E-state index in [0.29, 0.717) is 6.42 Å². The molecule has 4 N–H and O–H groups in total. The Morgan fingerprint density at radius 2 is 2.31 bits per heavy atom. The van der Waals surface area contributed by atoms with Crippen molar-refractivity contribution in [3.05, 3.63) is 28.0 Å². The van der Waals surface area contributed by atoms with Crippen LogP contribution in [0.15, 0.2) is 16.6 Å². The summed E-state index contributed by atoms with van der Waals surface area (Å²) in [5, 5.41) is 8.84. The molecule has 86 valence electrons. The van der Waals surface area contributed by atoms with Crippen LogP contribution in [0, 0.1) is 6.92 Å². The zero-order valence-electron chi connectivity index (χ0n) is 9.00. The van der Waals surface area contributed by atoms with Crippen molar-refractivity contribution < 1.29 is 5.11 Å². The van der Waals surface area contributed by atoms with E-state index in [2.05, 4.69) is 25.9 Å². The molecule has 1 unspecified atom stereocenters. The van der Waals surface area contributed by atoms with Crippen LogP contribution >= 0.6 is 15.9 Å².